The summed E-state index contributed by atoms with van der Waals surface area (Å²) in [4.78, 5) is 10.8. The monoisotopic (exact) mass is 235 g/mol. The molecule has 0 atom stereocenters. The van der Waals surface area contributed by atoms with Gasteiger partial charge in [-0.1, -0.05) is 23.2 Å². The van der Waals surface area contributed by atoms with Crippen LogP contribution >= 0.6 is 23.2 Å². The molecule has 7 heteroatoms. The predicted molar refractivity (Wildman–Crippen MR) is 52.6 cm³/mol. The molecule has 0 aliphatic carbocycles. The fourth-order valence-corrected chi connectivity index (χ4v) is 1.02. The molecule has 0 saturated heterocycles. The van der Waals surface area contributed by atoms with Gasteiger partial charge in [-0.2, -0.15) is 0 Å². The summed E-state index contributed by atoms with van der Waals surface area (Å²) in [6.45, 7) is -0.00174. The number of carbonyl (C=O) groups excluding carboxylic acids is 1. The molecule has 76 valence electrons. The summed E-state index contributed by atoms with van der Waals surface area (Å²) in [6, 6.07) is 1.47. The molecule has 0 fully saturated rings. The Bertz CT molecular complexity index is 346. The Kier molecular flexibility index (Phi) is 3.91. The van der Waals surface area contributed by atoms with Gasteiger partial charge in [0, 0.05) is 6.07 Å². The van der Waals surface area contributed by atoms with Gasteiger partial charge in [-0.25, -0.2) is 0 Å². The molecule has 0 bridgehead atoms. The van der Waals surface area contributed by atoms with E-state index in [1.165, 1.54) is 13.2 Å². The Hall–Kier alpha value is -1.07. The maximum Gasteiger partial charge on any atom is 0.325 e. The lowest BCUT2D eigenvalue weighted by atomic mass is 10.4. The lowest BCUT2D eigenvalue weighted by molar-refractivity contribution is -0.138. The van der Waals surface area contributed by atoms with Gasteiger partial charge in [0.25, 0.3) is 0 Å². The van der Waals surface area contributed by atoms with Crippen LogP contribution in [0.3, 0.4) is 0 Å². The Morgan fingerprint density at radius 2 is 2.29 bits per heavy atom. The second-order valence-electron chi connectivity index (χ2n) is 2.30. The van der Waals surface area contributed by atoms with Crippen molar-refractivity contribution in [2.75, 3.05) is 19.0 Å². The number of hydrogen-bond acceptors (Lipinski definition) is 5. The highest BCUT2D eigenvalue weighted by molar-refractivity contribution is 6.33. The smallest absolute Gasteiger partial charge is 0.325 e. The van der Waals surface area contributed by atoms with Crippen LogP contribution in [0, 0.1) is 0 Å². The Labute approximate surface area is 90.4 Å². The summed E-state index contributed by atoms with van der Waals surface area (Å²) in [5.74, 6) is -0.408. The van der Waals surface area contributed by atoms with E-state index in [1.807, 2.05) is 0 Å². The molecular weight excluding hydrogens is 229 g/mol. The second kappa shape index (κ2) is 4.97. The van der Waals surface area contributed by atoms with Gasteiger partial charge in [0.15, 0.2) is 10.3 Å². The first kappa shape index (κ1) is 11.0. The molecular formula is C7H7Cl2N3O2. The molecule has 0 radical (unpaired) electrons. The minimum Gasteiger partial charge on any atom is -0.468 e. The SMILES string of the molecule is COC(=O)CNc1cc(Cl)nnc1Cl. The summed E-state index contributed by atoms with van der Waals surface area (Å²) in [5.41, 5.74) is 0.442. The van der Waals surface area contributed by atoms with Gasteiger partial charge in [-0.15, -0.1) is 10.2 Å². The minimum absolute atomic E-state index is 0.00174. The first-order valence-corrected chi connectivity index (χ1v) is 4.38. The first-order chi connectivity index (χ1) is 6.63. The van der Waals surface area contributed by atoms with Crippen molar-refractivity contribution in [1.29, 1.82) is 0 Å². The van der Waals surface area contributed by atoms with Crippen LogP contribution in [0.15, 0.2) is 6.07 Å². The number of methoxy groups -OCH3 is 1. The predicted octanol–water partition coefficient (Wildman–Crippen LogP) is 1.37. The van der Waals surface area contributed by atoms with Gasteiger partial charge in [0.2, 0.25) is 0 Å². The molecule has 1 aromatic heterocycles. The molecule has 0 saturated carbocycles. The van der Waals surface area contributed by atoms with Gasteiger partial charge in [-0.3, -0.25) is 4.79 Å². The van der Waals surface area contributed by atoms with E-state index in [1.54, 1.807) is 0 Å². The number of carbonyl (C=O) groups is 1. The summed E-state index contributed by atoms with van der Waals surface area (Å²) < 4.78 is 4.43. The van der Waals surface area contributed by atoms with E-state index >= 15 is 0 Å². The highest BCUT2D eigenvalue weighted by Gasteiger charge is 2.05. The van der Waals surface area contributed by atoms with Crippen molar-refractivity contribution in [2.24, 2.45) is 0 Å². The van der Waals surface area contributed by atoms with Crippen LogP contribution in [-0.2, 0) is 9.53 Å². The van der Waals surface area contributed by atoms with Crippen LogP contribution in [0.5, 0.6) is 0 Å². The Morgan fingerprint density at radius 3 is 2.93 bits per heavy atom. The van der Waals surface area contributed by atoms with Crippen molar-refractivity contribution in [2.45, 2.75) is 0 Å². The van der Waals surface area contributed by atoms with Gasteiger partial charge in [0.05, 0.1) is 12.8 Å². The summed E-state index contributed by atoms with van der Waals surface area (Å²) in [6.07, 6.45) is 0. The van der Waals surface area contributed by atoms with Crippen LogP contribution in [-0.4, -0.2) is 29.8 Å². The van der Waals surface area contributed by atoms with Gasteiger partial charge in [0.1, 0.15) is 6.54 Å². The Balaban J connectivity index is 2.66. The second-order valence-corrected chi connectivity index (χ2v) is 3.05. The molecule has 0 unspecified atom stereocenters. The molecule has 0 aliphatic rings. The number of anilines is 1. The van der Waals surface area contributed by atoms with Gasteiger partial charge in [-0.05, 0) is 0 Å². The highest BCUT2D eigenvalue weighted by atomic mass is 35.5. The average molecular weight is 236 g/mol. The van der Waals surface area contributed by atoms with Crippen molar-refractivity contribution < 1.29 is 9.53 Å². The summed E-state index contributed by atoms with van der Waals surface area (Å²) in [7, 11) is 1.30. The van der Waals surface area contributed by atoms with Crippen LogP contribution in [0.2, 0.25) is 10.3 Å². The summed E-state index contributed by atoms with van der Waals surface area (Å²) in [5, 5.41) is 10.1. The van der Waals surface area contributed by atoms with Gasteiger partial charge >= 0.3 is 5.97 Å². The third-order valence-corrected chi connectivity index (χ3v) is 1.83. The van der Waals surface area contributed by atoms with Gasteiger partial charge < -0.3 is 10.1 Å². The van der Waals surface area contributed by atoms with Crippen molar-refractivity contribution in [3.63, 3.8) is 0 Å². The van der Waals surface area contributed by atoms with Crippen LogP contribution < -0.4 is 5.32 Å². The third kappa shape index (κ3) is 3.01. The van der Waals surface area contributed by atoms with Crippen molar-refractivity contribution in [3.8, 4) is 0 Å². The topological polar surface area (TPSA) is 64.1 Å². The van der Waals surface area contributed by atoms with E-state index in [0.29, 0.717) is 5.69 Å². The van der Waals surface area contributed by atoms with Crippen LogP contribution in [0.4, 0.5) is 5.69 Å². The molecule has 1 rings (SSSR count). The molecule has 14 heavy (non-hydrogen) atoms. The lowest BCUT2D eigenvalue weighted by Gasteiger charge is -2.05. The number of esters is 1. The van der Waals surface area contributed by atoms with Crippen molar-refractivity contribution in [3.05, 3.63) is 16.4 Å². The molecule has 1 heterocycles. The summed E-state index contributed by atoms with van der Waals surface area (Å²) >= 11 is 11.3. The number of hydrogen-bond donors (Lipinski definition) is 1. The number of rotatable bonds is 3. The van der Waals surface area contributed by atoms with E-state index in [0.717, 1.165) is 0 Å². The third-order valence-electron chi connectivity index (χ3n) is 1.37. The van der Waals surface area contributed by atoms with E-state index in [2.05, 4.69) is 20.3 Å². The van der Waals surface area contributed by atoms with Crippen molar-refractivity contribution >= 4 is 34.9 Å². The zero-order valence-electron chi connectivity index (χ0n) is 7.25. The number of aromatic nitrogens is 2. The molecule has 1 N–H and O–H groups in total. The molecule has 1 aromatic rings. The van der Waals surface area contributed by atoms with Crippen molar-refractivity contribution in [1.82, 2.24) is 10.2 Å². The number of halogens is 2. The molecule has 0 aromatic carbocycles. The minimum atomic E-state index is -0.408. The first-order valence-electron chi connectivity index (χ1n) is 3.63. The fourth-order valence-electron chi connectivity index (χ4n) is 0.717. The molecule has 5 nitrogen and oxygen atoms in total. The quantitative estimate of drug-likeness (QED) is 0.803. The molecule has 0 aliphatic heterocycles. The average Bonchev–Trinajstić information content (AvgIpc) is 2.19. The van der Waals surface area contributed by atoms with E-state index in [-0.39, 0.29) is 16.9 Å². The normalized spacial score (nSPS) is 9.64. The van der Waals surface area contributed by atoms with E-state index in [9.17, 15) is 4.79 Å². The lowest BCUT2D eigenvalue weighted by Crippen LogP contribution is -2.15. The van der Waals surface area contributed by atoms with E-state index < -0.39 is 5.97 Å². The number of nitrogens with zero attached hydrogens (tertiary/aromatic N) is 2. The number of nitrogens with one attached hydrogen (secondary N) is 1. The maximum absolute atomic E-state index is 10.8. The number of ether oxygens (including phenoxy) is 1. The van der Waals surface area contributed by atoms with Crippen LogP contribution in [0.1, 0.15) is 0 Å². The molecule has 0 spiro atoms. The molecule has 0 amide bonds. The van der Waals surface area contributed by atoms with Crippen LogP contribution in [0.25, 0.3) is 0 Å². The zero-order chi connectivity index (χ0) is 10.6. The maximum atomic E-state index is 10.8. The standard InChI is InChI=1S/C7H7Cl2N3O2/c1-14-6(13)3-10-4-2-5(8)11-12-7(4)9/h2H,3H2,1H3,(H,10,11). The van der Waals surface area contributed by atoms with E-state index in [4.69, 9.17) is 23.2 Å². The Morgan fingerprint density at radius 1 is 1.57 bits per heavy atom. The fraction of sp³-hybridized carbons (Fsp3) is 0.286. The highest BCUT2D eigenvalue weighted by Crippen LogP contribution is 2.20. The zero-order valence-corrected chi connectivity index (χ0v) is 8.76. The largest absolute Gasteiger partial charge is 0.468 e.